The van der Waals surface area contributed by atoms with Crippen molar-refractivity contribution in [2.45, 2.75) is 0 Å². The van der Waals surface area contributed by atoms with Crippen molar-refractivity contribution in [1.29, 1.82) is 0 Å². The lowest BCUT2D eigenvalue weighted by atomic mass is 10.2. The summed E-state index contributed by atoms with van der Waals surface area (Å²) in [5.74, 6) is 0.715. The van der Waals surface area contributed by atoms with E-state index < -0.39 is 0 Å². The molecule has 1 aliphatic rings. The lowest BCUT2D eigenvalue weighted by Gasteiger charge is -2.28. The Balaban J connectivity index is 1.46. The number of ether oxygens (including phenoxy) is 3. The average molecular weight is 443 g/mol. The Morgan fingerprint density at radius 3 is 1.97 bits per heavy atom. The molecule has 1 aliphatic heterocycles. The van der Waals surface area contributed by atoms with Crippen molar-refractivity contribution >= 4 is 28.9 Å². The molecule has 1 saturated heterocycles. The summed E-state index contributed by atoms with van der Waals surface area (Å²) in [7, 11) is 4.80. The number of morpholine rings is 1. The molecule has 0 aliphatic carbocycles. The molecule has 0 spiro atoms. The van der Waals surface area contributed by atoms with Crippen LogP contribution in [0.25, 0.3) is 0 Å². The van der Waals surface area contributed by atoms with Gasteiger partial charge in [0.1, 0.15) is 11.5 Å². The third kappa shape index (κ3) is 6.86. The third-order valence-electron chi connectivity index (χ3n) is 4.99. The number of benzene rings is 2. The summed E-state index contributed by atoms with van der Waals surface area (Å²) in [5, 5.41) is 5.66. The maximum absolute atomic E-state index is 12.4. The van der Waals surface area contributed by atoms with Crippen LogP contribution >= 0.6 is 0 Å². The van der Waals surface area contributed by atoms with Crippen molar-refractivity contribution in [1.82, 2.24) is 4.90 Å². The number of carbonyl (C=O) groups is 2. The Labute approximate surface area is 188 Å². The van der Waals surface area contributed by atoms with Crippen molar-refractivity contribution in [3.63, 3.8) is 0 Å². The van der Waals surface area contributed by atoms with Gasteiger partial charge in [-0.15, -0.1) is 0 Å². The number of methoxy groups -OCH3 is 2. The van der Waals surface area contributed by atoms with Gasteiger partial charge in [0.05, 0.1) is 40.5 Å². The second-order valence-electron chi connectivity index (χ2n) is 7.52. The number of nitrogens with one attached hydrogen (secondary N) is 2. The smallest absolute Gasteiger partial charge is 0.238 e. The highest BCUT2D eigenvalue weighted by atomic mass is 16.5. The standard InChI is InChI=1S/C23H30N4O5/c1-26(16-23(29)25-18-12-20(30-2)14-21(13-18)31-3)15-22(28)24-17-4-6-19(7-5-17)27-8-10-32-11-9-27/h4-7,12-14H,8-11,15-16H2,1-3H3,(H,24,28)(H,25,29). The molecule has 3 rings (SSSR count). The van der Waals surface area contributed by atoms with Crippen LogP contribution in [0.2, 0.25) is 0 Å². The predicted molar refractivity (Wildman–Crippen MR) is 124 cm³/mol. The topological polar surface area (TPSA) is 92.4 Å². The summed E-state index contributed by atoms with van der Waals surface area (Å²) in [4.78, 5) is 28.6. The third-order valence-corrected chi connectivity index (χ3v) is 4.99. The molecule has 2 N–H and O–H groups in total. The van der Waals surface area contributed by atoms with E-state index in [1.807, 2.05) is 24.3 Å². The van der Waals surface area contributed by atoms with E-state index in [2.05, 4.69) is 15.5 Å². The van der Waals surface area contributed by atoms with Crippen LogP contribution in [-0.2, 0) is 14.3 Å². The number of carbonyl (C=O) groups excluding carboxylic acids is 2. The maximum Gasteiger partial charge on any atom is 0.238 e. The molecule has 1 fully saturated rings. The molecule has 0 bridgehead atoms. The van der Waals surface area contributed by atoms with E-state index in [1.54, 1.807) is 44.4 Å². The van der Waals surface area contributed by atoms with E-state index in [-0.39, 0.29) is 24.9 Å². The van der Waals surface area contributed by atoms with Gasteiger partial charge < -0.3 is 29.7 Å². The van der Waals surface area contributed by atoms with Gasteiger partial charge in [-0.3, -0.25) is 14.5 Å². The summed E-state index contributed by atoms with van der Waals surface area (Å²) in [5.41, 5.74) is 2.38. The van der Waals surface area contributed by atoms with Crippen LogP contribution in [0.1, 0.15) is 0 Å². The SMILES string of the molecule is COc1cc(NC(=O)CN(C)CC(=O)Nc2ccc(N3CCOCC3)cc2)cc(OC)c1. The van der Waals surface area contributed by atoms with Gasteiger partial charge in [-0.05, 0) is 31.3 Å². The molecular weight excluding hydrogens is 412 g/mol. The van der Waals surface area contributed by atoms with Crippen LogP contribution in [-0.4, -0.2) is 77.4 Å². The Morgan fingerprint density at radius 1 is 0.906 bits per heavy atom. The zero-order chi connectivity index (χ0) is 22.9. The second-order valence-corrected chi connectivity index (χ2v) is 7.52. The van der Waals surface area contributed by atoms with Crippen molar-refractivity contribution < 1.29 is 23.8 Å². The minimum Gasteiger partial charge on any atom is -0.497 e. The zero-order valence-electron chi connectivity index (χ0n) is 18.7. The van der Waals surface area contributed by atoms with Gasteiger partial charge in [0.15, 0.2) is 0 Å². The molecule has 0 unspecified atom stereocenters. The van der Waals surface area contributed by atoms with E-state index in [1.165, 1.54) is 0 Å². The average Bonchev–Trinajstić information content (AvgIpc) is 2.79. The fourth-order valence-electron chi connectivity index (χ4n) is 3.40. The van der Waals surface area contributed by atoms with Crippen LogP contribution in [0.5, 0.6) is 11.5 Å². The van der Waals surface area contributed by atoms with Gasteiger partial charge >= 0.3 is 0 Å². The van der Waals surface area contributed by atoms with Gasteiger partial charge in [-0.25, -0.2) is 0 Å². The number of likely N-dealkylation sites (N-methyl/N-ethyl adjacent to an activating group) is 1. The highest BCUT2D eigenvalue weighted by Crippen LogP contribution is 2.25. The Morgan fingerprint density at radius 2 is 1.44 bits per heavy atom. The molecule has 32 heavy (non-hydrogen) atoms. The first kappa shape index (κ1) is 23.4. The van der Waals surface area contributed by atoms with Gasteiger partial charge in [0.25, 0.3) is 0 Å². The summed E-state index contributed by atoms with van der Waals surface area (Å²) in [6, 6.07) is 12.9. The quantitative estimate of drug-likeness (QED) is 0.614. The lowest BCUT2D eigenvalue weighted by molar-refractivity contribution is -0.119. The number of anilines is 3. The molecule has 0 saturated carbocycles. The van der Waals surface area contributed by atoms with E-state index in [9.17, 15) is 9.59 Å². The van der Waals surface area contributed by atoms with Crippen LogP contribution in [0, 0.1) is 0 Å². The van der Waals surface area contributed by atoms with Gasteiger partial charge in [-0.2, -0.15) is 0 Å². The van der Waals surface area contributed by atoms with E-state index in [4.69, 9.17) is 14.2 Å². The van der Waals surface area contributed by atoms with Crippen LogP contribution in [0.3, 0.4) is 0 Å². The Kier molecular flexibility index (Phi) is 8.29. The number of hydrogen-bond donors (Lipinski definition) is 2. The van der Waals surface area contributed by atoms with Crippen molar-refractivity contribution in [2.75, 3.05) is 76.2 Å². The molecule has 0 aromatic heterocycles. The monoisotopic (exact) mass is 442 g/mol. The molecule has 2 aromatic rings. The number of hydrogen-bond acceptors (Lipinski definition) is 7. The fourth-order valence-corrected chi connectivity index (χ4v) is 3.40. The van der Waals surface area contributed by atoms with Crippen molar-refractivity contribution in [3.05, 3.63) is 42.5 Å². The second kappa shape index (κ2) is 11.4. The molecular formula is C23H30N4O5. The van der Waals surface area contributed by atoms with Crippen molar-refractivity contribution in [2.24, 2.45) is 0 Å². The Hall–Kier alpha value is -3.30. The molecule has 0 atom stereocenters. The van der Waals surface area contributed by atoms with Gasteiger partial charge in [-0.1, -0.05) is 0 Å². The molecule has 2 aromatic carbocycles. The summed E-state index contributed by atoms with van der Waals surface area (Å²) in [6.45, 7) is 3.32. The van der Waals surface area contributed by atoms with Gasteiger partial charge in [0.2, 0.25) is 11.8 Å². The predicted octanol–water partition coefficient (Wildman–Crippen LogP) is 2.05. The summed E-state index contributed by atoms with van der Waals surface area (Å²) < 4.78 is 15.8. The van der Waals surface area contributed by atoms with Crippen LogP contribution < -0.4 is 25.0 Å². The van der Waals surface area contributed by atoms with Crippen LogP contribution in [0.15, 0.2) is 42.5 Å². The highest BCUT2D eigenvalue weighted by Gasteiger charge is 2.14. The van der Waals surface area contributed by atoms with E-state index >= 15 is 0 Å². The van der Waals surface area contributed by atoms with E-state index in [0.29, 0.717) is 22.9 Å². The molecule has 9 nitrogen and oxygen atoms in total. The zero-order valence-corrected chi connectivity index (χ0v) is 18.7. The number of rotatable bonds is 9. The molecule has 2 amide bonds. The molecule has 0 radical (unpaired) electrons. The maximum atomic E-state index is 12.4. The van der Waals surface area contributed by atoms with Gasteiger partial charge in [0, 0.05) is 48.4 Å². The first-order chi connectivity index (χ1) is 15.5. The molecule has 172 valence electrons. The normalized spacial score (nSPS) is 13.6. The minimum absolute atomic E-state index is 0.0584. The fraction of sp³-hybridized carbons (Fsp3) is 0.391. The molecule has 9 heteroatoms. The number of amides is 2. The lowest BCUT2D eigenvalue weighted by Crippen LogP contribution is -2.36. The number of nitrogens with zero attached hydrogens (tertiary/aromatic N) is 2. The van der Waals surface area contributed by atoms with Crippen LogP contribution in [0.4, 0.5) is 17.1 Å². The Bertz CT molecular complexity index is 891. The first-order valence-corrected chi connectivity index (χ1v) is 10.4. The highest BCUT2D eigenvalue weighted by molar-refractivity contribution is 5.95. The molecule has 1 heterocycles. The summed E-state index contributed by atoms with van der Waals surface area (Å²) in [6.07, 6.45) is 0. The first-order valence-electron chi connectivity index (χ1n) is 10.4. The minimum atomic E-state index is -0.245. The largest absolute Gasteiger partial charge is 0.497 e. The van der Waals surface area contributed by atoms with Crippen molar-refractivity contribution in [3.8, 4) is 11.5 Å². The van der Waals surface area contributed by atoms with E-state index in [0.717, 1.165) is 32.0 Å². The summed E-state index contributed by atoms with van der Waals surface area (Å²) >= 11 is 0.